The van der Waals surface area contributed by atoms with Crippen LogP contribution in [0.15, 0.2) is 0 Å². The molecule has 112 valence electrons. The predicted octanol–water partition coefficient (Wildman–Crippen LogP) is 1.11. The first-order valence-corrected chi connectivity index (χ1v) is 6.53. The number of amides is 1. The maximum absolute atomic E-state index is 12.7. The van der Waals surface area contributed by atoms with Gasteiger partial charge in [0.2, 0.25) is 5.91 Å². The van der Waals surface area contributed by atoms with Crippen LogP contribution in [0, 0.1) is 5.92 Å². The van der Waals surface area contributed by atoms with Crippen LogP contribution in [0.4, 0.5) is 13.2 Å². The van der Waals surface area contributed by atoms with Gasteiger partial charge in [-0.15, -0.1) is 0 Å². The van der Waals surface area contributed by atoms with Crippen molar-refractivity contribution in [1.29, 1.82) is 0 Å². The van der Waals surface area contributed by atoms with E-state index in [2.05, 4.69) is 5.32 Å². The number of nitrogens with zero attached hydrogens (tertiary/aromatic N) is 1. The second-order valence-electron chi connectivity index (χ2n) is 5.34. The maximum Gasteiger partial charge on any atom is 0.393 e. The lowest BCUT2D eigenvalue weighted by Gasteiger charge is -2.38. The standard InChI is InChI=1S/C12H22F3N3O/c1-3-17-11(2,10(16)19)8-18-6-4-5-9(7-18)12(13,14)15/h9,17H,3-8H2,1-2H3,(H2,16,19). The number of halogens is 3. The predicted molar refractivity (Wildman–Crippen MR) is 66.5 cm³/mol. The van der Waals surface area contributed by atoms with Crippen LogP contribution in [-0.4, -0.2) is 48.7 Å². The number of rotatable bonds is 5. The quantitative estimate of drug-likeness (QED) is 0.794. The highest BCUT2D eigenvalue weighted by molar-refractivity contribution is 5.84. The smallest absolute Gasteiger partial charge is 0.368 e. The average Bonchev–Trinajstić information content (AvgIpc) is 2.28. The third-order valence-corrected chi connectivity index (χ3v) is 3.62. The minimum atomic E-state index is -4.17. The molecule has 1 aliphatic heterocycles. The molecule has 0 radical (unpaired) electrons. The molecule has 4 nitrogen and oxygen atoms in total. The molecule has 0 aliphatic carbocycles. The lowest BCUT2D eigenvalue weighted by Crippen LogP contribution is -2.60. The largest absolute Gasteiger partial charge is 0.393 e. The number of primary amides is 1. The third-order valence-electron chi connectivity index (χ3n) is 3.62. The molecule has 1 fully saturated rings. The first-order valence-electron chi connectivity index (χ1n) is 6.53. The Balaban J connectivity index is 2.67. The first-order chi connectivity index (χ1) is 8.69. The highest BCUT2D eigenvalue weighted by atomic mass is 19.4. The van der Waals surface area contributed by atoms with Gasteiger partial charge in [0.1, 0.15) is 5.54 Å². The molecule has 0 aromatic rings. The van der Waals surface area contributed by atoms with Gasteiger partial charge in [0, 0.05) is 13.1 Å². The molecule has 0 aromatic heterocycles. The molecule has 0 spiro atoms. The Morgan fingerprint density at radius 3 is 2.58 bits per heavy atom. The van der Waals surface area contributed by atoms with Crippen LogP contribution < -0.4 is 11.1 Å². The van der Waals surface area contributed by atoms with Crippen molar-refractivity contribution in [3.63, 3.8) is 0 Å². The molecule has 1 rings (SSSR count). The zero-order chi connectivity index (χ0) is 14.7. The van der Waals surface area contributed by atoms with Gasteiger partial charge in [-0.25, -0.2) is 0 Å². The molecule has 1 aliphatic rings. The minimum Gasteiger partial charge on any atom is -0.368 e. The molecule has 1 saturated heterocycles. The summed E-state index contributed by atoms with van der Waals surface area (Å²) in [6.07, 6.45) is -3.51. The van der Waals surface area contributed by atoms with Crippen molar-refractivity contribution in [3.05, 3.63) is 0 Å². The van der Waals surface area contributed by atoms with E-state index in [1.54, 1.807) is 11.8 Å². The van der Waals surface area contributed by atoms with Crippen molar-refractivity contribution < 1.29 is 18.0 Å². The van der Waals surface area contributed by atoms with Crippen LogP contribution >= 0.6 is 0 Å². The van der Waals surface area contributed by atoms with Gasteiger partial charge in [-0.05, 0) is 32.9 Å². The summed E-state index contributed by atoms with van der Waals surface area (Å²) in [7, 11) is 0. The lowest BCUT2D eigenvalue weighted by atomic mass is 9.94. The molecule has 7 heteroatoms. The van der Waals surface area contributed by atoms with Crippen LogP contribution in [0.3, 0.4) is 0 Å². The molecule has 19 heavy (non-hydrogen) atoms. The Kier molecular flexibility index (Phi) is 5.20. The zero-order valence-electron chi connectivity index (χ0n) is 11.4. The third kappa shape index (κ3) is 4.35. The number of carbonyl (C=O) groups excluding carboxylic acids is 1. The fraction of sp³-hybridized carbons (Fsp3) is 0.917. The van der Waals surface area contributed by atoms with Gasteiger partial charge in [-0.1, -0.05) is 6.92 Å². The van der Waals surface area contributed by atoms with Crippen molar-refractivity contribution in [2.24, 2.45) is 11.7 Å². The molecule has 0 aromatic carbocycles. The second kappa shape index (κ2) is 6.09. The lowest BCUT2D eigenvalue weighted by molar-refractivity contribution is -0.187. The van der Waals surface area contributed by atoms with Gasteiger partial charge in [0.15, 0.2) is 0 Å². The monoisotopic (exact) mass is 281 g/mol. The Morgan fingerprint density at radius 1 is 1.47 bits per heavy atom. The van der Waals surface area contributed by atoms with Gasteiger partial charge >= 0.3 is 6.18 Å². The fourth-order valence-corrected chi connectivity index (χ4v) is 2.52. The molecular formula is C12H22F3N3O. The SMILES string of the molecule is CCNC(C)(CN1CCCC(C(F)(F)F)C1)C(N)=O. The summed E-state index contributed by atoms with van der Waals surface area (Å²) in [5.74, 6) is -1.84. The normalized spacial score (nSPS) is 25.0. The van der Waals surface area contributed by atoms with E-state index < -0.39 is 23.5 Å². The number of piperidine rings is 1. The molecule has 0 saturated carbocycles. The van der Waals surface area contributed by atoms with E-state index >= 15 is 0 Å². The summed E-state index contributed by atoms with van der Waals surface area (Å²) in [5, 5.41) is 2.96. The Hall–Kier alpha value is -0.820. The van der Waals surface area contributed by atoms with Crippen molar-refractivity contribution in [3.8, 4) is 0 Å². The van der Waals surface area contributed by atoms with Crippen LogP contribution in [0.5, 0.6) is 0 Å². The fourth-order valence-electron chi connectivity index (χ4n) is 2.52. The molecule has 0 bridgehead atoms. The van der Waals surface area contributed by atoms with Crippen molar-refractivity contribution in [2.45, 2.75) is 38.4 Å². The van der Waals surface area contributed by atoms with E-state index in [1.807, 2.05) is 6.92 Å². The first kappa shape index (κ1) is 16.2. The van der Waals surface area contributed by atoms with Crippen molar-refractivity contribution in [2.75, 3.05) is 26.2 Å². The summed E-state index contributed by atoms with van der Waals surface area (Å²) < 4.78 is 38.2. The summed E-state index contributed by atoms with van der Waals surface area (Å²) in [6, 6.07) is 0. The molecule has 1 heterocycles. The maximum atomic E-state index is 12.7. The number of hydrogen-bond donors (Lipinski definition) is 2. The van der Waals surface area contributed by atoms with Crippen molar-refractivity contribution in [1.82, 2.24) is 10.2 Å². The van der Waals surface area contributed by atoms with Gasteiger partial charge in [0.05, 0.1) is 5.92 Å². The van der Waals surface area contributed by atoms with E-state index in [0.717, 1.165) is 0 Å². The average molecular weight is 281 g/mol. The van der Waals surface area contributed by atoms with E-state index in [-0.39, 0.29) is 19.5 Å². The Labute approximate surface area is 111 Å². The van der Waals surface area contributed by atoms with Crippen molar-refractivity contribution >= 4 is 5.91 Å². The number of alkyl halides is 3. The van der Waals surface area contributed by atoms with Gasteiger partial charge in [-0.3, -0.25) is 4.79 Å². The van der Waals surface area contributed by atoms with Gasteiger partial charge in [0.25, 0.3) is 0 Å². The molecule has 1 amide bonds. The van der Waals surface area contributed by atoms with E-state index in [4.69, 9.17) is 5.73 Å². The number of nitrogens with two attached hydrogens (primary N) is 1. The molecule has 2 atom stereocenters. The van der Waals surface area contributed by atoms with E-state index in [0.29, 0.717) is 19.5 Å². The van der Waals surface area contributed by atoms with E-state index in [1.165, 1.54) is 0 Å². The number of likely N-dealkylation sites (tertiary alicyclic amines) is 1. The van der Waals surface area contributed by atoms with Gasteiger partial charge < -0.3 is 16.0 Å². The molecular weight excluding hydrogens is 259 g/mol. The minimum absolute atomic E-state index is 0.0578. The van der Waals surface area contributed by atoms with Crippen LogP contribution in [-0.2, 0) is 4.79 Å². The van der Waals surface area contributed by atoms with Gasteiger partial charge in [-0.2, -0.15) is 13.2 Å². The number of nitrogens with one attached hydrogen (secondary N) is 1. The van der Waals surface area contributed by atoms with Crippen LogP contribution in [0.1, 0.15) is 26.7 Å². The molecule has 3 N–H and O–H groups in total. The highest BCUT2D eigenvalue weighted by Crippen LogP contribution is 2.33. The number of carbonyl (C=O) groups is 1. The zero-order valence-corrected chi connectivity index (χ0v) is 11.4. The summed E-state index contributed by atoms with van der Waals surface area (Å²) >= 11 is 0. The summed E-state index contributed by atoms with van der Waals surface area (Å²) in [5.41, 5.74) is 4.36. The second-order valence-corrected chi connectivity index (χ2v) is 5.34. The molecule has 2 unspecified atom stereocenters. The highest BCUT2D eigenvalue weighted by Gasteiger charge is 2.43. The number of hydrogen-bond acceptors (Lipinski definition) is 3. The summed E-state index contributed by atoms with van der Waals surface area (Å²) in [6.45, 7) is 4.73. The van der Waals surface area contributed by atoms with Crippen LogP contribution in [0.25, 0.3) is 0 Å². The van der Waals surface area contributed by atoms with E-state index in [9.17, 15) is 18.0 Å². The Morgan fingerprint density at radius 2 is 2.11 bits per heavy atom. The summed E-state index contributed by atoms with van der Waals surface area (Å²) in [4.78, 5) is 13.1. The number of likely N-dealkylation sites (N-methyl/N-ethyl adjacent to an activating group) is 1. The van der Waals surface area contributed by atoms with Crippen LogP contribution in [0.2, 0.25) is 0 Å². The topological polar surface area (TPSA) is 58.4 Å². The Bertz CT molecular complexity index is 322.